The van der Waals surface area contributed by atoms with Crippen molar-refractivity contribution >= 4 is 11.6 Å². The first-order valence-electron chi connectivity index (χ1n) is 9.86. The molecule has 0 saturated heterocycles. The molecular formula is C23H24N4O3. The zero-order valence-corrected chi connectivity index (χ0v) is 17.3. The number of nitrogens with zero attached hydrogens (tertiary/aromatic N) is 3. The van der Waals surface area contributed by atoms with E-state index >= 15 is 0 Å². The van der Waals surface area contributed by atoms with Gasteiger partial charge in [0.2, 0.25) is 0 Å². The third-order valence-electron chi connectivity index (χ3n) is 5.01. The standard InChI is InChI=1S/C23H24N4O3/c1-15-9-11-27-13-19(25-22(27)12-15)8-10-24-23(28)18-4-6-20(7-5-18)29-14-21-16(2)26-30-17(21)3/h4-7,9,11-13H,8,10,14H2,1-3H3,(H,24,28). The van der Waals surface area contributed by atoms with E-state index in [1.54, 1.807) is 24.3 Å². The van der Waals surface area contributed by atoms with Gasteiger partial charge in [-0.25, -0.2) is 4.98 Å². The molecule has 1 amide bonds. The van der Waals surface area contributed by atoms with Gasteiger partial charge in [0.1, 0.15) is 23.8 Å². The molecule has 3 aromatic heterocycles. The Kier molecular flexibility index (Phi) is 5.52. The molecule has 30 heavy (non-hydrogen) atoms. The number of amides is 1. The SMILES string of the molecule is Cc1ccn2cc(CCNC(=O)c3ccc(OCc4c(C)noc4C)cc3)nc2c1. The maximum absolute atomic E-state index is 12.4. The summed E-state index contributed by atoms with van der Waals surface area (Å²) in [5.41, 5.74) is 5.40. The summed E-state index contributed by atoms with van der Waals surface area (Å²) in [5, 5.41) is 6.86. The highest BCUT2D eigenvalue weighted by Crippen LogP contribution is 2.18. The second kappa shape index (κ2) is 8.41. The number of hydrogen-bond acceptors (Lipinski definition) is 5. The fraction of sp³-hybridized carbons (Fsp3) is 0.261. The Hall–Kier alpha value is -3.61. The van der Waals surface area contributed by atoms with Crippen molar-refractivity contribution < 1.29 is 14.1 Å². The number of fused-ring (bicyclic) bond motifs is 1. The summed E-state index contributed by atoms with van der Waals surface area (Å²) in [5.74, 6) is 1.32. The highest BCUT2D eigenvalue weighted by atomic mass is 16.5. The maximum Gasteiger partial charge on any atom is 0.251 e. The number of nitrogens with one attached hydrogen (secondary N) is 1. The van der Waals surface area contributed by atoms with Crippen LogP contribution < -0.4 is 10.1 Å². The van der Waals surface area contributed by atoms with Crippen LogP contribution in [0.25, 0.3) is 5.65 Å². The first-order valence-corrected chi connectivity index (χ1v) is 9.86. The van der Waals surface area contributed by atoms with E-state index in [2.05, 4.69) is 15.5 Å². The molecule has 0 fully saturated rings. The molecule has 0 aliphatic rings. The van der Waals surface area contributed by atoms with E-state index in [4.69, 9.17) is 9.26 Å². The summed E-state index contributed by atoms with van der Waals surface area (Å²) < 4.78 is 12.9. The van der Waals surface area contributed by atoms with Crippen LogP contribution >= 0.6 is 0 Å². The normalized spacial score (nSPS) is 11.0. The monoisotopic (exact) mass is 404 g/mol. The van der Waals surface area contributed by atoms with E-state index in [-0.39, 0.29) is 5.91 Å². The zero-order valence-electron chi connectivity index (χ0n) is 17.3. The lowest BCUT2D eigenvalue weighted by Crippen LogP contribution is -2.25. The van der Waals surface area contributed by atoms with Crippen LogP contribution in [0.4, 0.5) is 0 Å². The van der Waals surface area contributed by atoms with Gasteiger partial charge < -0.3 is 19.0 Å². The molecule has 0 saturated carbocycles. The Morgan fingerprint density at radius 1 is 1.17 bits per heavy atom. The number of benzene rings is 1. The van der Waals surface area contributed by atoms with Crippen molar-refractivity contribution in [1.29, 1.82) is 0 Å². The third kappa shape index (κ3) is 4.35. The van der Waals surface area contributed by atoms with E-state index in [9.17, 15) is 4.79 Å². The molecule has 0 radical (unpaired) electrons. The minimum absolute atomic E-state index is 0.119. The van der Waals surface area contributed by atoms with Gasteiger partial charge in [0.05, 0.1) is 17.0 Å². The molecule has 154 valence electrons. The number of ether oxygens (including phenoxy) is 1. The highest BCUT2D eigenvalue weighted by Gasteiger charge is 2.10. The smallest absolute Gasteiger partial charge is 0.251 e. The summed E-state index contributed by atoms with van der Waals surface area (Å²) in [6, 6.07) is 11.2. The second-order valence-electron chi connectivity index (χ2n) is 7.32. The lowest BCUT2D eigenvalue weighted by molar-refractivity contribution is 0.0954. The molecule has 4 rings (SSSR count). The summed E-state index contributed by atoms with van der Waals surface area (Å²) in [7, 11) is 0. The highest BCUT2D eigenvalue weighted by molar-refractivity contribution is 5.94. The Balaban J connectivity index is 1.29. The number of imidazole rings is 1. The van der Waals surface area contributed by atoms with Crippen LogP contribution in [0.5, 0.6) is 5.75 Å². The fourth-order valence-corrected chi connectivity index (χ4v) is 3.23. The minimum atomic E-state index is -0.119. The maximum atomic E-state index is 12.4. The van der Waals surface area contributed by atoms with Gasteiger partial charge in [-0.05, 0) is 62.7 Å². The van der Waals surface area contributed by atoms with Crippen LogP contribution in [0.1, 0.15) is 38.6 Å². The lowest BCUT2D eigenvalue weighted by atomic mass is 10.2. The number of aromatic nitrogens is 3. The third-order valence-corrected chi connectivity index (χ3v) is 5.01. The summed E-state index contributed by atoms with van der Waals surface area (Å²) in [6.07, 6.45) is 4.66. The molecule has 0 aliphatic heterocycles. The molecule has 0 aliphatic carbocycles. The predicted octanol–water partition coefficient (Wildman–Crippen LogP) is 3.80. The van der Waals surface area contributed by atoms with Gasteiger partial charge in [-0.15, -0.1) is 0 Å². The van der Waals surface area contributed by atoms with Gasteiger partial charge >= 0.3 is 0 Å². The van der Waals surface area contributed by atoms with Gasteiger partial charge in [-0.2, -0.15) is 0 Å². The number of carbonyl (C=O) groups excluding carboxylic acids is 1. The topological polar surface area (TPSA) is 81.7 Å². The number of rotatable bonds is 7. The zero-order chi connectivity index (χ0) is 21.1. The van der Waals surface area contributed by atoms with E-state index in [0.29, 0.717) is 30.9 Å². The first-order chi connectivity index (χ1) is 14.5. The predicted molar refractivity (Wildman–Crippen MR) is 113 cm³/mol. The van der Waals surface area contributed by atoms with Crippen LogP contribution in [0, 0.1) is 20.8 Å². The molecule has 0 unspecified atom stereocenters. The molecule has 1 N–H and O–H groups in total. The van der Waals surface area contributed by atoms with Gasteiger partial charge in [-0.3, -0.25) is 4.79 Å². The number of pyridine rings is 1. The number of aryl methyl sites for hydroxylation is 3. The van der Waals surface area contributed by atoms with Crippen LogP contribution in [0.3, 0.4) is 0 Å². The van der Waals surface area contributed by atoms with Crippen molar-refractivity contribution in [2.75, 3.05) is 6.54 Å². The molecule has 1 aromatic carbocycles. The van der Waals surface area contributed by atoms with Crippen molar-refractivity contribution in [3.8, 4) is 5.75 Å². The minimum Gasteiger partial charge on any atom is -0.489 e. The summed E-state index contributed by atoms with van der Waals surface area (Å²) in [4.78, 5) is 17.0. The van der Waals surface area contributed by atoms with E-state index in [0.717, 1.165) is 28.4 Å². The quantitative estimate of drug-likeness (QED) is 0.507. The average Bonchev–Trinajstić information content (AvgIpc) is 3.28. The van der Waals surface area contributed by atoms with Crippen LogP contribution in [0.2, 0.25) is 0 Å². The molecule has 7 nitrogen and oxygen atoms in total. The molecule has 3 heterocycles. The van der Waals surface area contributed by atoms with Crippen molar-refractivity contribution in [3.63, 3.8) is 0 Å². The van der Waals surface area contributed by atoms with Crippen molar-refractivity contribution in [3.05, 3.63) is 82.6 Å². The average molecular weight is 404 g/mol. The molecular weight excluding hydrogens is 380 g/mol. The van der Waals surface area contributed by atoms with Gasteiger partial charge in [0.25, 0.3) is 5.91 Å². The molecule has 7 heteroatoms. The second-order valence-corrected chi connectivity index (χ2v) is 7.32. The van der Waals surface area contributed by atoms with Crippen LogP contribution in [-0.4, -0.2) is 27.0 Å². The van der Waals surface area contributed by atoms with Crippen molar-refractivity contribution in [1.82, 2.24) is 19.9 Å². The van der Waals surface area contributed by atoms with Gasteiger partial charge in [0, 0.05) is 30.9 Å². The first kappa shape index (κ1) is 19.7. The van der Waals surface area contributed by atoms with E-state index in [1.165, 1.54) is 5.56 Å². The number of carbonyl (C=O) groups is 1. The molecule has 4 aromatic rings. The molecule has 0 bridgehead atoms. The van der Waals surface area contributed by atoms with Gasteiger partial charge in [-0.1, -0.05) is 5.16 Å². The number of hydrogen-bond donors (Lipinski definition) is 1. The molecule has 0 spiro atoms. The Labute approximate surface area is 174 Å². The van der Waals surface area contributed by atoms with Gasteiger partial charge in [0.15, 0.2) is 0 Å². The van der Waals surface area contributed by atoms with Crippen LogP contribution in [-0.2, 0) is 13.0 Å². The lowest BCUT2D eigenvalue weighted by Gasteiger charge is -2.08. The fourth-order valence-electron chi connectivity index (χ4n) is 3.23. The Morgan fingerprint density at radius 2 is 1.97 bits per heavy atom. The van der Waals surface area contributed by atoms with E-state index < -0.39 is 0 Å². The summed E-state index contributed by atoms with van der Waals surface area (Å²) in [6.45, 7) is 6.69. The van der Waals surface area contributed by atoms with Crippen molar-refractivity contribution in [2.45, 2.75) is 33.8 Å². The Bertz CT molecular complexity index is 1160. The molecule has 0 atom stereocenters. The summed E-state index contributed by atoms with van der Waals surface area (Å²) >= 11 is 0. The van der Waals surface area contributed by atoms with Crippen LogP contribution in [0.15, 0.2) is 53.3 Å². The van der Waals surface area contributed by atoms with E-state index in [1.807, 2.05) is 49.7 Å². The largest absolute Gasteiger partial charge is 0.489 e. The van der Waals surface area contributed by atoms with Crippen molar-refractivity contribution in [2.24, 2.45) is 0 Å². The Morgan fingerprint density at radius 3 is 2.70 bits per heavy atom.